The van der Waals surface area contributed by atoms with Crippen molar-refractivity contribution in [1.82, 2.24) is 4.90 Å². The number of aliphatic hydroxyl groups excluding tert-OH is 1. The Hall–Kier alpha value is -0.610. The van der Waals surface area contributed by atoms with Gasteiger partial charge in [0.1, 0.15) is 0 Å². The molecule has 0 fully saturated rings. The number of carbonyl (C=O) groups is 1. The van der Waals surface area contributed by atoms with E-state index in [4.69, 9.17) is 10.8 Å². The van der Waals surface area contributed by atoms with Crippen LogP contribution in [0.3, 0.4) is 0 Å². The molecule has 0 aromatic carbocycles. The zero-order chi connectivity index (χ0) is 12.4. The van der Waals surface area contributed by atoms with Crippen LogP contribution in [-0.4, -0.2) is 41.1 Å². The summed E-state index contributed by atoms with van der Waals surface area (Å²) in [5.41, 5.74) is 5.04. The van der Waals surface area contributed by atoms with Crippen LogP contribution < -0.4 is 5.73 Å². The molecule has 0 aliphatic heterocycles. The minimum absolute atomic E-state index is 0.0773. The molecule has 0 rings (SSSR count). The summed E-state index contributed by atoms with van der Waals surface area (Å²) in [5.74, 6) is -0.137. The molecule has 0 bridgehead atoms. The third kappa shape index (κ3) is 3.47. The number of likely N-dealkylation sites (N-methyl/N-ethyl adjacent to an activating group) is 1. The van der Waals surface area contributed by atoms with Crippen LogP contribution in [0.25, 0.3) is 0 Å². The highest BCUT2D eigenvalue weighted by Gasteiger charge is 2.35. The highest BCUT2D eigenvalue weighted by molar-refractivity contribution is 5.82. The highest BCUT2D eigenvalue weighted by atomic mass is 16.3. The van der Waals surface area contributed by atoms with E-state index < -0.39 is 11.6 Å². The number of hydrogen-bond donors (Lipinski definition) is 2. The van der Waals surface area contributed by atoms with Gasteiger partial charge in [-0.2, -0.15) is 0 Å². The van der Waals surface area contributed by atoms with Crippen molar-refractivity contribution in [2.75, 3.05) is 13.7 Å². The lowest BCUT2D eigenvalue weighted by Gasteiger charge is -2.38. The molecule has 0 heterocycles. The first-order chi connectivity index (χ1) is 6.54. The van der Waals surface area contributed by atoms with E-state index in [2.05, 4.69) is 0 Å². The lowest BCUT2D eigenvalue weighted by atomic mass is 9.86. The van der Waals surface area contributed by atoms with Gasteiger partial charge in [0.2, 0.25) is 5.91 Å². The van der Waals surface area contributed by atoms with Crippen molar-refractivity contribution >= 4 is 5.91 Å². The average Bonchev–Trinajstić information content (AvgIpc) is 2.12. The van der Waals surface area contributed by atoms with E-state index >= 15 is 0 Å². The van der Waals surface area contributed by atoms with E-state index in [1.54, 1.807) is 20.9 Å². The topological polar surface area (TPSA) is 66.6 Å². The summed E-state index contributed by atoms with van der Waals surface area (Å²) >= 11 is 0. The van der Waals surface area contributed by atoms with Crippen molar-refractivity contribution in [2.24, 2.45) is 11.1 Å². The zero-order valence-corrected chi connectivity index (χ0v) is 10.7. The van der Waals surface area contributed by atoms with E-state index in [0.29, 0.717) is 0 Å². The van der Waals surface area contributed by atoms with Gasteiger partial charge in [0, 0.05) is 7.05 Å². The smallest absolute Gasteiger partial charge is 0.240 e. The fourth-order valence-corrected chi connectivity index (χ4v) is 0.983. The Morgan fingerprint density at radius 1 is 1.33 bits per heavy atom. The second-order valence-electron chi connectivity index (χ2n) is 5.71. The molecule has 0 aromatic heterocycles. The lowest BCUT2D eigenvalue weighted by molar-refractivity contribution is -0.139. The predicted molar refractivity (Wildman–Crippen MR) is 61.4 cm³/mol. The van der Waals surface area contributed by atoms with Crippen LogP contribution in [0.2, 0.25) is 0 Å². The Labute approximate surface area is 92.4 Å². The molecule has 0 saturated heterocycles. The molecule has 0 aliphatic carbocycles. The first kappa shape index (κ1) is 14.4. The molecule has 0 radical (unpaired) electrons. The molecule has 0 unspecified atom stereocenters. The maximum atomic E-state index is 12.0. The van der Waals surface area contributed by atoms with E-state index in [-0.39, 0.29) is 17.9 Å². The van der Waals surface area contributed by atoms with Crippen LogP contribution in [0.15, 0.2) is 0 Å². The van der Waals surface area contributed by atoms with Crippen LogP contribution in [0.1, 0.15) is 34.6 Å². The van der Waals surface area contributed by atoms with Gasteiger partial charge in [-0.15, -0.1) is 0 Å². The molecule has 1 atom stereocenters. The van der Waals surface area contributed by atoms with Crippen LogP contribution in [0, 0.1) is 5.41 Å². The van der Waals surface area contributed by atoms with E-state index in [1.807, 2.05) is 20.8 Å². The van der Waals surface area contributed by atoms with E-state index in [9.17, 15) is 4.79 Å². The summed E-state index contributed by atoms with van der Waals surface area (Å²) < 4.78 is 0. The standard InChI is InChI=1S/C11H24N2O2/c1-10(2,3)8(12)9(15)13(6)11(4,5)7-14/h8,14H,7,12H2,1-6H3/t8-/m0/s1. The number of carbonyl (C=O) groups excluding carboxylic acids is 1. The number of hydrogen-bond acceptors (Lipinski definition) is 3. The van der Waals surface area contributed by atoms with Gasteiger partial charge < -0.3 is 15.7 Å². The van der Waals surface area contributed by atoms with Crippen molar-refractivity contribution in [1.29, 1.82) is 0 Å². The Bertz CT molecular complexity index is 231. The molecule has 3 N–H and O–H groups in total. The van der Waals surface area contributed by atoms with Gasteiger partial charge in [-0.05, 0) is 19.3 Å². The largest absolute Gasteiger partial charge is 0.394 e. The molecule has 0 spiro atoms. The molecule has 4 nitrogen and oxygen atoms in total. The van der Waals surface area contributed by atoms with Crippen LogP contribution >= 0.6 is 0 Å². The van der Waals surface area contributed by atoms with E-state index in [1.165, 1.54) is 4.90 Å². The van der Waals surface area contributed by atoms with Gasteiger partial charge in [0.25, 0.3) is 0 Å². The van der Waals surface area contributed by atoms with Crippen molar-refractivity contribution in [3.8, 4) is 0 Å². The number of nitrogens with two attached hydrogens (primary N) is 1. The van der Waals surface area contributed by atoms with Gasteiger partial charge in [-0.25, -0.2) is 0 Å². The Morgan fingerprint density at radius 3 is 2.00 bits per heavy atom. The van der Waals surface area contributed by atoms with Gasteiger partial charge in [-0.3, -0.25) is 4.79 Å². The van der Waals surface area contributed by atoms with Crippen molar-refractivity contribution in [2.45, 2.75) is 46.2 Å². The SMILES string of the molecule is CN(C(=O)[C@H](N)C(C)(C)C)C(C)(C)CO. The molecule has 4 heteroatoms. The normalized spacial score (nSPS) is 14.9. The predicted octanol–water partition coefficient (Wildman–Crippen LogP) is 0.589. The summed E-state index contributed by atoms with van der Waals surface area (Å²) in [7, 11) is 1.67. The third-order valence-electron chi connectivity index (χ3n) is 2.82. The molecule has 15 heavy (non-hydrogen) atoms. The Morgan fingerprint density at radius 2 is 1.73 bits per heavy atom. The maximum Gasteiger partial charge on any atom is 0.240 e. The van der Waals surface area contributed by atoms with Crippen LogP contribution in [0.5, 0.6) is 0 Å². The maximum absolute atomic E-state index is 12.0. The van der Waals surface area contributed by atoms with Gasteiger partial charge in [-0.1, -0.05) is 20.8 Å². The summed E-state index contributed by atoms with van der Waals surface area (Å²) in [5, 5.41) is 9.16. The summed E-state index contributed by atoms with van der Waals surface area (Å²) in [4.78, 5) is 13.5. The second-order valence-corrected chi connectivity index (χ2v) is 5.71. The Balaban J connectivity index is 4.74. The van der Waals surface area contributed by atoms with Gasteiger partial charge in [0.15, 0.2) is 0 Å². The minimum atomic E-state index is -0.569. The first-order valence-corrected chi connectivity index (χ1v) is 5.18. The molecule has 0 saturated carbocycles. The molecule has 0 aliphatic rings. The monoisotopic (exact) mass is 216 g/mol. The molecule has 1 amide bonds. The second kappa shape index (κ2) is 4.49. The fraction of sp³-hybridized carbons (Fsp3) is 0.909. The van der Waals surface area contributed by atoms with Crippen molar-refractivity contribution < 1.29 is 9.90 Å². The summed E-state index contributed by atoms with van der Waals surface area (Å²) in [6, 6.07) is -0.548. The number of aliphatic hydroxyl groups is 1. The number of nitrogens with zero attached hydrogens (tertiary/aromatic N) is 1. The average molecular weight is 216 g/mol. The zero-order valence-electron chi connectivity index (χ0n) is 10.7. The fourth-order valence-electron chi connectivity index (χ4n) is 0.983. The van der Waals surface area contributed by atoms with Crippen molar-refractivity contribution in [3.05, 3.63) is 0 Å². The molecular weight excluding hydrogens is 192 g/mol. The molecular formula is C11H24N2O2. The summed E-state index contributed by atoms with van der Waals surface area (Å²) in [6.45, 7) is 9.31. The molecule has 90 valence electrons. The third-order valence-corrected chi connectivity index (χ3v) is 2.82. The number of amides is 1. The van der Waals surface area contributed by atoms with Gasteiger partial charge >= 0.3 is 0 Å². The van der Waals surface area contributed by atoms with Crippen molar-refractivity contribution in [3.63, 3.8) is 0 Å². The molecule has 0 aromatic rings. The van der Waals surface area contributed by atoms with E-state index in [0.717, 1.165) is 0 Å². The lowest BCUT2D eigenvalue weighted by Crippen LogP contribution is -2.56. The number of rotatable bonds is 3. The quantitative estimate of drug-likeness (QED) is 0.725. The van der Waals surface area contributed by atoms with Crippen LogP contribution in [-0.2, 0) is 4.79 Å². The first-order valence-electron chi connectivity index (χ1n) is 5.18. The van der Waals surface area contributed by atoms with Gasteiger partial charge in [0.05, 0.1) is 18.2 Å². The van der Waals surface area contributed by atoms with Crippen LogP contribution in [0.4, 0.5) is 0 Å². The summed E-state index contributed by atoms with van der Waals surface area (Å²) in [6.07, 6.45) is 0. The highest BCUT2D eigenvalue weighted by Crippen LogP contribution is 2.21. The Kier molecular flexibility index (Phi) is 4.31. The minimum Gasteiger partial charge on any atom is -0.394 e.